The summed E-state index contributed by atoms with van der Waals surface area (Å²) in [6.07, 6.45) is -4.73. The van der Waals surface area contributed by atoms with Gasteiger partial charge in [0.1, 0.15) is 23.7 Å². The Balaban J connectivity index is 1.78. The third-order valence-corrected chi connectivity index (χ3v) is 6.12. The molecule has 1 aromatic heterocycles. The van der Waals surface area contributed by atoms with Gasteiger partial charge in [-0.3, -0.25) is 19.3 Å². The lowest BCUT2D eigenvalue weighted by Crippen LogP contribution is -2.71. The number of halogens is 3. The molecular weight excluding hydrogens is 509 g/mol. The van der Waals surface area contributed by atoms with Gasteiger partial charge in [0.2, 0.25) is 18.1 Å². The Kier molecular flexibility index (Phi) is 7.29. The number of carbonyl (C=O) groups is 4. The molecule has 2 aliphatic heterocycles. The number of rotatable bonds is 8. The molecule has 0 saturated carbocycles. The summed E-state index contributed by atoms with van der Waals surface area (Å²) in [7, 11) is 0. The minimum absolute atomic E-state index is 0.0789. The van der Waals surface area contributed by atoms with Gasteiger partial charge in [-0.25, -0.2) is 4.79 Å². The summed E-state index contributed by atoms with van der Waals surface area (Å²) >= 11 is 1.74. The topological polar surface area (TPSA) is 186 Å². The lowest BCUT2D eigenvalue weighted by Gasteiger charge is -2.49. The van der Waals surface area contributed by atoms with Crippen molar-refractivity contribution in [3.63, 3.8) is 0 Å². The summed E-state index contributed by atoms with van der Waals surface area (Å²) in [6, 6.07) is -1.23. The molecule has 0 bridgehead atoms. The first kappa shape index (κ1) is 25.2. The molecule has 184 valence electrons. The number of β-lactam (4-membered cyclic amide) rings is 1. The second kappa shape index (κ2) is 9.84. The molecule has 3 heterocycles. The molecule has 0 aliphatic carbocycles. The molecule has 1 saturated heterocycles. The number of oxime groups is 1. The van der Waals surface area contributed by atoms with Gasteiger partial charge >= 0.3 is 18.1 Å². The number of fused-ring (bicyclic) bond motifs is 1. The quantitative estimate of drug-likeness (QED) is 0.175. The third kappa shape index (κ3) is 5.56. The number of ether oxygens (including phenoxy) is 1. The molecule has 2 amide bonds. The van der Waals surface area contributed by atoms with Gasteiger partial charge in [0.05, 0.1) is 0 Å². The molecule has 2 aliphatic rings. The van der Waals surface area contributed by atoms with Crippen LogP contribution in [0.1, 0.15) is 12.7 Å². The van der Waals surface area contributed by atoms with Crippen LogP contribution >= 0.6 is 23.3 Å². The first-order valence-electron chi connectivity index (χ1n) is 9.09. The minimum Gasteiger partial charge on any atom is -0.477 e. The number of anilines is 1. The maximum absolute atomic E-state index is 12.7. The van der Waals surface area contributed by atoms with E-state index in [-0.39, 0.29) is 28.8 Å². The zero-order valence-corrected chi connectivity index (χ0v) is 18.6. The highest BCUT2D eigenvalue weighted by Crippen LogP contribution is 2.40. The number of carboxylic acids is 1. The summed E-state index contributed by atoms with van der Waals surface area (Å²) in [5.41, 5.74) is 4.50. The Morgan fingerprint density at radius 3 is 2.65 bits per heavy atom. The van der Waals surface area contributed by atoms with Crippen molar-refractivity contribution in [2.75, 3.05) is 24.7 Å². The Labute approximate surface area is 196 Å². The number of nitrogen functional groups attached to an aromatic ring is 1. The molecule has 34 heavy (non-hydrogen) atoms. The van der Waals surface area contributed by atoms with Crippen molar-refractivity contribution < 1.29 is 47.0 Å². The van der Waals surface area contributed by atoms with E-state index in [0.29, 0.717) is 11.5 Å². The number of alkyl halides is 3. The second-order valence-electron chi connectivity index (χ2n) is 6.68. The van der Waals surface area contributed by atoms with Crippen LogP contribution in [-0.4, -0.2) is 85.4 Å². The zero-order valence-electron chi connectivity index (χ0n) is 17.0. The van der Waals surface area contributed by atoms with Crippen molar-refractivity contribution in [3.05, 3.63) is 17.1 Å². The molecule has 2 atom stereocenters. The van der Waals surface area contributed by atoms with E-state index in [0.717, 1.165) is 23.6 Å². The van der Waals surface area contributed by atoms with Crippen LogP contribution in [0.4, 0.5) is 18.3 Å². The highest BCUT2D eigenvalue weighted by atomic mass is 32.2. The molecule has 4 N–H and O–H groups in total. The predicted molar refractivity (Wildman–Crippen MR) is 109 cm³/mol. The maximum Gasteiger partial charge on any atom is 0.425 e. The van der Waals surface area contributed by atoms with Gasteiger partial charge in [0, 0.05) is 29.8 Å². The fraction of sp³-hybridized carbons (Fsp3) is 0.438. The average Bonchev–Trinajstić information content (AvgIpc) is 3.17. The van der Waals surface area contributed by atoms with Gasteiger partial charge in [-0.2, -0.15) is 22.5 Å². The Morgan fingerprint density at radius 2 is 2.09 bits per heavy atom. The van der Waals surface area contributed by atoms with Gasteiger partial charge < -0.3 is 25.7 Å². The number of hydrogen-bond acceptors (Lipinski definition) is 12. The van der Waals surface area contributed by atoms with E-state index in [2.05, 4.69) is 24.7 Å². The van der Waals surface area contributed by atoms with Gasteiger partial charge in [0.25, 0.3) is 11.8 Å². The Morgan fingerprint density at radius 1 is 1.38 bits per heavy atom. The molecule has 3 rings (SSSR count). The smallest absolute Gasteiger partial charge is 0.425 e. The van der Waals surface area contributed by atoms with Gasteiger partial charge in [-0.05, 0) is 0 Å². The minimum atomic E-state index is -4.73. The molecule has 0 unspecified atom stereocenters. The van der Waals surface area contributed by atoms with Gasteiger partial charge in [0.15, 0.2) is 5.13 Å². The molecule has 18 heteroatoms. The largest absolute Gasteiger partial charge is 0.477 e. The number of carbonyl (C=O) groups excluding carboxylic acids is 3. The number of hydrogen-bond donors (Lipinski definition) is 3. The van der Waals surface area contributed by atoms with E-state index in [1.54, 1.807) is 0 Å². The number of nitrogens with zero attached hydrogens (tertiary/aromatic N) is 4. The maximum atomic E-state index is 12.7. The van der Waals surface area contributed by atoms with Crippen LogP contribution in [0.25, 0.3) is 0 Å². The van der Waals surface area contributed by atoms with Crippen molar-refractivity contribution in [3.8, 4) is 0 Å². The predicted octanol–water partition coefficient (Wildman–Crippen LogP) is -0.295. The lowest BCUT2D eigenvalue weighted by molar-refractivity contribution is -0.174. The number of nitrogens with two attached hydrogens (primary N) is 1. The van der Waals surface area contributed by atoms with E-state index in [1.807, 2.05) is 0 Å². The van der Waals surface area contributed by atoms with Crippen molar-refractivity contribution in [2.24, 2.45) is 5.16 Å². The first-order chi connectivity index (χ1) is 15.9. The number of aromatic nitrogens is 2. The number of esters is 1. The lowest BCUT2D eigenvalue weighted by atomic mass is 10.0. The number of thioether (sulfide) groups is 1. The number of amides is 2. The Bertz CT molecular complexity index is 1090. The van der Waals surface area contributed by atoms with E-state index < -0.39 is 59.5 Å². The molecule has 1 aromatic rings. The zero-order chi connectivity index (χ0) is 25.2. The number of aliphatic carboxylic acids is 1. The third-order valence-electron chi connectivity index (χ3n) is 4.24. The van der Waals surface area contributed by atoms with Crippen LogP contribution in [0.5, 0.6) is 0 Å². The molecule has 1 fully saturated rings. The van der Waals surface area contributed by atoms with Crippen LogP contribution in [0.2, 0.25) is 0 Å². The summed E-state index contributed by atoms with van der Waals surface area (Å²) < 4.78 is 45.7. The van der Waals surface area contributed by atoms with Gasteiger partial charge in [-0.15, -0.1) is 11.8 Å². The van der Waals surface area contributed by atoms with E-state index in [9.17, 15) is 37.5 Å². The molecule has 0 aromatic carbocycles. The molecule has 13 nitrogen and oxygen atoms in total. The standard InChI is InChI=1S/C16H15F3N6O7S2/c1-5(26)31-2-6-3-33-13-8(12(28)25(13)9(6)14(29)30)21-11(27)7(10-22-15(20)34-24-10)23-32-4-16(17,18)19/h8,13H,2-4H2,1H3,(H,21,27)(H,29,30)(H2,20,22,24)/t8-,13-/m1/s1. The van der Waals surface area contributed by atoms with Crippen molar-refractivity contribution in [1.29, 1.82) is 0 Å². The highest BCUT2D eigenvalue weighted by Gasteiger charge is 2.54. The van der Waals surface area contributed by atoms with Crippen LogP contribution in [0, 0.1) is 0 Å². The fourth-order valence-corrected chi connectivity index (χ4v) is 4.64. The highest BCUT2D eigenvalue weighted by molar-refractivity contribution is 8.00. The fourth-order valence-electron chi connectivity index (χ4n) is 2.88. The summed E-state index contributed by atoms with van der Waals surface area (Å²) in [6.45, 7) is -0.986. The Hall–Kier alpha value is -3.41. The first-order valence-corrected chi connectivity index (χ1v) is 10.9. The van der Waals surface area contributed by atoms with Crippen LogP contribution in [0.3, 0.4) is 0 Å². The van der Waals surface area contributed by atoms with E-state index >= 15 is 0 Å². The van der Waals surface area contributed by atoms with Crippen molar-refractivity contribution in [2.45, 2.75) is 24.5 Å². The SMILES string of the molecule is CC(=O)OCC1=C(C(=O)O)N2C(=O)[C@@H](NC(=O)C(=NOCC(F)(F)F)c3nsc(N)n3)[C@H]2SC1. The van der Waals surface area contributed by atoms with Crippen molar-refractivity contribution in [1.82, 2.24) is 19.6 Å². The molecule has 0 spiro atoms. The summed E-state index contributed by atoms with van der Waals surface area (Å²) in [4.78, 5) is 56.9. The number of carboxylic acid groups (broad SMARTS) is 1. The number of nitrogens with one attached hydrogen (secondary N) is 1. The summed E-state index contributed by atoms with van der Waals surface area (Å²) in [5.74, 6) is -4.35. The average molecular weight is 524 g/mol. The van der Waals surface area contributed by atoms with E-state index in [1.165, 1.54) is 0 Å². The monoisotopic (exact) mass is 524 g/mol. The second-order valence-corrected chi connectivity index (χ2v) is 8.57. The van der Waals surface area contributed by atoms with Gasteiger partial charge in [-0.1, -0.05) is 5.16 Å². The normalized spacial score (nSPS) is 20.4. The van der Waals surface area contributed by atoms with Crippen molar-refractivity contribution >= 4 is 57.9 Å². The van der Waals surface area contributed by atoms with Crippen LogP contribution < -0.4 is 11.1 Å². The van der Waals surface area contributed by atoms with Crippen LogP contribution in [0.15, 0.2) is 16.4 Å². The van der Waals surface area contributed by atoms with Crippen LogP contribution in [-0.2, 0) is 28.8 Å². The molecular formula is C16H15F3N6O7S2. The summed E-state index contributed by atoms with van der Waals surface area (Å²) in [5, 5.41) is 14.0. The molecule has 0 radical (unpaired) electrons. The van der Waals surface area contributed by atoms with E-state index in [4.69, 9.17) is 10.5 Å².